The molecule has 1 aromatic carbocycles. The molecular formula is C12H16BrNO3. The Morgan fingerprint density at radius 3 is 2.76 bits per heavy atom. The molecule has 1 aliphatic rings. The van der Waals surface area contributed by atoms with Crippen LogP contribution in [0.2, 0.25) is 0 Å². The lowest BCUT2D eigenvalue weighted by molar-refractivity contribution is 0.124. The summed E-state index contributed by atoms with van der Waals surface area (Å²) in [4.78, 5) is 4.61. The van der Waals surface area contributed by atoms with Crippen molar-refractivity contribution in [1.82, 2.24) is 0 Å². The Morgan fingerprint density at radius 2 is 2.18 bits per heavy atom. The van der Waals surface area contributed by atoms with Crippen molar-refractivity contribution >= 4 is 15.9 Å². The monoisotopic (exact) mass is 301 g/mol. The Hall–Kier alpha value is -0.780. The molecule has 1 fully saturated rings. The molecule has 0 saturated heterocycles. The van der Waals surface area contributed by atoms with E-state index in [4.69, 9.17) is 15.4 Å². The highest BCUT2D eigenvalue weighted by Gasteiger charge is 2.23. The van der Waals surface area contributed by atoms with Gasteiger partial charge in [-0.1, -0.05) is 0 Å². The molecule has 1 aromatic rings. The van der Waals surface area contributed by atoms with Crippen molar-refractivity contribution in [2.75, 3.05) is 13.7 Å². The van der Waals surface area contributed by atoms with Gasteiger partial charge in [0.1, 0.15) is 0 Å². The second-order valence-electron chi connectivity index (χ2n) is 4.17. The molecule has 0 heterocycles. The van der Waals surface area contributed by atoms with Gasteiger partial charge in [-0.3, -0.25) is 4.84 Å². The maximum Gasteiger partial charge on any atom is 0.175 e. The van der Waals surface area contributed by atoms with E-state index < -0.39 is 0 Å². The van der Waals surface area contributed by atoms with E-state index in [1.165, 1.54) is 12.8 Å². The zero-order valence-corrected chi connectivity index (χ0v) is 11.3. The molecule has 1 aliphatic carbocycles. The zero-order chi connectivity index (χ0) is 12.3. The number of methoxy groups -OCH3 is 1. The first-order chi connectivity index (χ1) is 8.24. The maximum atomic E-state index is 5.77. The zero-order valence-electron chi connectivity index (χ0n) is 9.74. The van der Waals surface area contributed by atoms with Gasteiger partial charge in [0.05, 0.1) is 24.8 Å². The molecule has 0 unspecified atom stereocenters. The van der Waals surface area contributed by atoms with Crippen molar-refractivity contribution in [2.24, 2.45) is 11.8 Å². The number of benzene rings is 1. The van der Waals surface area contributed by atoms with Crippen molar-refractivity contribution in [1.29, 1.82) is 0 Å². The molecule has 0 aliphatic heterocycles. The van der Waals surface area contributed by atoms with Crippen LogP contribution in [0.15, 0.2) is 16.6 Å². The van der Waals surface area contributed by atoms with Crippen LogP contribution < -0.4 is 15.4 Å². The smallest absolute Gasteiger partial charge is 0.175 e. The molecule has 0 radical (unpaired) electrons. The van der Waals surface area contributed by atoms with Gasteiger partial charge in [0.25, 0.3) is 0 Å². The van der Waals surface area contributed by atoms with E-state index in [-0.39, 0.29) is 0 Å². The summed E-state index contributed by atoms with van der Waals surface area (Å²) in [5.41, 5.74) is 0.940. The molecule has 0 aromatic heterocycles. The minimum absolute atomic E-state index is 0.345. The number of hydrogen-bond acceptors (Lipinski definition) is 4. The minimum Gasteiger partial charge on any atom is -0.493 e. The first-order valence-electron chi connectivity index (χ1n) is 5.55. The summed E-state index contributed by atoms with van der Waals surface area (Å²) in [6.45, 7) is 1.10. The molecule has 0 bridgehead atoms. The van der Waals surface area contributed by atoms with Gasteiger partial charge >= 0.3 is 0 Å². The second kappa shape index (κ2) is 5.71. The summed E-state index contributed by atoms with van der Waals surface area (Å²) in [6.07, 6.45) is 2.53. The molecule has 94 valence electrons. The third kappa shape index (κ3) is 3.34. The van der Waals surface area contributed by atoms with E-state index in [2.05, 4.69) is 20.8 Å². The molecule has 0 atom stereocenters. The summed E-state index contributed by atoms with van der Waals surface area (Å²) in [5.74, 6) is 7.22. The average Bonchev–Trinajstić information content (AvgIpc) is 3.11. The highest BCUT2D eigenvalue weighted by Crippen LogP contribution is 2.38. The van der Waals surface area contributed by atoms with Crippen LogP contribution in [0.3, 0.4) is 0 Å². The molecule has 1 saturated carbocycles. The van der Waals surface area contributed by atoms with Crippen LogP contribution in [-0.4, -0.2) is 13.7 Å². The third-order valence-corrected chi connectivity index (χ3v) is 3.29. The first kappa shape index (κ1) is 12.7. The number of hydrogen-bond donors (Lipinski definition) is 1. The minimum atomic E-state index is 0.345. The topological polar surface area (TPSA) is 53.7 Å². The molecule has 0 amide bonds. The fourth-order valence-electron chi connectivity index (χ4n) is 1.58. The van der Waals surface area contributed by atoms with Crippen LogP contribution in [-0.2, 0) is 11.4 Å². The van der Waals surface area contributed by atoms with E-state index in [9.17, 15) is 0 Å². The Morgan fingerprint density at radius 1 is 1.41 bits per heavy atom. The molecule has 17 heavy (non-hydrogen) atoms. The van der Waals surface area contributed by atoms with Gasteiger partial charge in [0.15, 0.2) is 11.5 Å². The standard InChI is InChI=1S/C12H16BrNO3/c1-15-11-5-9(7-17-14)4-10(13)12(11)16-6-8-2-3-8/h4-5,8H,2-3,6-7,14H2,1H3. The van der Waals surface area contributed by atoms with Gasteiger partial charge < -0.3 is 9.47 Å². The fourth-order valence-corrected chi connectivity index (χ4v) is 2.18. The Bertz CT molecular complexity index is 394. The van der Waals surface area contributed by atoms with E-state index in [1.807, 2.05) is 12.1 Å². The maximum absolute atomic E-state index is 5.77. The van der Waals surface area contributed by atoms with Crippen LogP contribution in [0.25, 0.3) is 0 Å². The summed E-state index contributed by atoms with van der Waals surface area (Å²) in [5, 5.41) is 0. The predicted molar refractivity (Wildman–Crippen MR) is 67.9 cm³/mol. The fraction of sp³-hybridized carbons (Fsp3) is 0.500. The van der Waals surface area contributed by atoms with Gasteiger partial charge in [-0.05, 0) is 52.4 Å². The number of ether oxygens (including phenoxy) is 2. The first-order valence-corrected chi connectivity index (χ1v) is 6.34. The lowest BCUT2D eigenvalue weighted by Gasteiger charge is -2.13. The number of rotatable bonds is 6. The Balaban J connectivity index is 2.16. The number of halogens is 1. The second-order valence-corrected chi connectivity index (χ2v) is 5.03. The predicted octanol–water partition coefficient (Wildman–Crippen LogP) is 2.64. The highest BCUT2D eigenvalue weighted by atomic mass is 79.9. The van der Waals surface area contributed by atoms with Crippen LogP contribution in [0.1, 0.15) is 18.4 Å². The van der Waals surface area contributed by atoms with E-state index >= 15 is 0 Å². The van der Waals surface area contributed by atoms with Gasteiger partial charge in [-0.15, -0.1) is 0 Å². The van der Waals surface area contributed by atoms with Gasteiger partial charge in [0, 0.05) is 0 Å². The van der Waals surface area contributed by atoms with E-state index in [0.717, 1.165) is 22.4 Å². The van der Waals surface area contributed by atoms with Crippen molar-refractivity contribution in [3.8, 4) is 11.5 Å². The average molecular weight is 302 g/mol. The van der Waals surface area contributed by atoms with Crippen LogP contribution in [0.5, 0.6) is 11.5 Å². The van der Waals surface area contributed by atoms with Crippen molar-refractivity contribution in [3.05, 3.63) is 22.2 Å². The normalized spacial score (nSPS) is 14.8. The van der Waals surface area contributed by atoms with Gasteiger partial charge in [0.2, 0.25) is 0 Å². The molecule has 0 spiro atoms. The Kier molecular flexibility index (Phi) is 4.25. The van der Waals surface area contributed by atoms with Crippen LogP contribution >= 0.6 is 15.9 Å². The van der Waals surface area contributed by atoms with Gasteiger partial charge in [-0.2, -0.15) is 0 Å². The van der Waals surface area contributed by atoms with E-state index in [1.54, 1.807) is 7.11 Å². The Labute approximate surface area is 109 Å². The lowest BCUT2D eigenvalue weighted by atomic mass is 10.2. The van der Waals surface area contributed by atoms with Crippen LogP contribution in [0, 0.1) is 5.92 Å². The lowest BCUT2D eigenvalue weighted by Crippen LogP contribution is -2.04. The summed E-state index contributed by atoms with van der Waals surface area (Å²) < 4.78 is 12.0. The number of nitrogens with two attached hydrogens (primary N) is 1. The van der Waals surface area contributed by atoms with E-state index in [0.29, 0.717) is 18.3 Å². The third-order valence-electron chi connectivity index (χ3n) is 2.70. The molecule has 2 N–H and O–H groups in total. The quantitative estimate of drug-likeness (QED) is 0.821. The summed E-state index contributed by atoms with van der Waals surface area (Å²) >= 11 is 3.48. The van der Waals surface area contributed by atoms with Crippen molar-refractivity contribution in [2.45, 2.75) is 19.4 Å². The highest BCUT2D eigenvalue weighted by molar-refractivity contribution is 9.10. The van der Waals surface area contributed by atoms with Crippen LogP contribution in [0.4, 0.5) is 0 Å². The molecule has 5 heteroatoms. The van der Waals surface area contributed by atoms with Crippen molar-refractivity contribution < 1.29 is 14.3 Å². The molecule has 4 nitrogen and oxygen atoms in total. The molecule has 2 rings (SSSR count). The SMILES string of the molecule is COc1cc(CON)cc(Br)c1OCC1CC1. The van der Waals surface area contributed by atoms with Gasteiger partial charge in [-0.25, -0.2) is 5.90 Å². The molecular weight excluding hydrogens is 286 g/mol. The summed E-state index contributed by atoms with van der Waals surface area (Å²) in [7, 11) is 1.62. The summed E-state index contributed by atoms with van der Waals surface area (Å²) in [6, 6.07) is 3.80. The van der Waals surface area contributed by atoms with Crippen molar-refractivity contribution in [3.63, 3.8) is 0 Å². The largest absolute Gasteiger partial charge is 0.493 e.